The van der Waals surface area contributed by atoms with Crippen LogP contribution < -0.4 is 10.6 Å². The van der Waals surface area contributed by atoms with Crippen LogP contribution in [0.15, 0.2) is 39.8 Å². The maximum atomic E-state index is 11.5. The van der Waals surface area contributed by atoms with Gasteiger partial charge in [0.05, 0.1) is 12.6 Å². The normalized spacial score (nSPS) is 11.7. The number of hydrogen-bond acceptors (Lipinski definition) is 1. The fraction of sp³-hybridized carbons (Fsp3) is 0.250. The summed E-state index contributed by atoms with van der Waals surface area (Å²) in [6.45, 7) is 5.99. The lowest BCUT2D eigenvalue weighted by atomic mass is 10.1. The maximum absolute atomic E-state index is 11.5. The minimum absolute atomic E-state index is 0.0453. The van der Waals surface area contributed by atoms with Gasteiger partial charge in [0.15, 0.2) is 0 Å². The maximum Gasteiger partial charge on any atom is 0.315 e. The van der Waals surface area contributed by atoms with Gasteiger partial charge in [-0.15, -0.1) is 0 Å². The number of carbonyl (C=O) groups is 1. The van der Waals surface area contributed by atoms with Gasteiger partial charge in [-0.1, -0.05) is 50.6 Å². The third-order valence-electron chi connectivity index (χ3n) is 2.14. The molecule has 1 rings (SSSR count). The van der Waals surface area contributed by atoms with Crippen molar-refractivity contribution in [3.8, 4) is 0 Å². The Kier molecular flexibility index (Phi) is 5.71. The first kappa shape index (κ1) is 14.3. The number of nitrogens with one attached hydrogen (secondary N) is 2. The Balaban J connectivity index is 2.51. The molecule has 0 saturated heterocycles. The summed E-state index contributed by atoms with van der Waals surface area (Å²) in [6.07, 6.45) is 0. The second kappa shape index (κ2) is 6.81. The second-order valence-corrected chi connectivity index (χ2v) is 5.66. The third-order valence-corrected chi connectivity index (χ3v) is 2.91. The topological polar surface area (TPSA) is 41.1 Å². The Labute approximate surface area is 118 Å². The van der Waals surface area contributed by atoms with Crippen molar-refractivity contribution in [2.45, 2.75) is 13.0 Å². The summed E-state index contributed by atoms with van der Waals surface area (Å²) in [7, 11) is 0. The van der Waals surface area contributed by atoms with Gasteiger partial charge in [0.2, 0.25) is 0 Å². The van der Waals surface area contributed by atoms with Crippen LogP contribution in [0.25, 0.3) is 0 Å². The highest BCUT2D eigenvalue weighted by atomic mass is 79.9. The van der Waals surface area contributed by atoms with Crippen molar-refractivity contribution >= 4 is 37.9 Å². The molecule has 0 spiro atoms. The first-order chi connectivity index (χ1) is 7.99. The van der Waals surface area contributed by atoms with Crippen LogP contribution in [0.3, 0.4) is 0 Å². The van der Waals surface area contributed by atoms with Crippen molar-refractivity contribution in [3.63, 3.8) is 0 Å². The van der Waals surface area contributed by atoms with Crippen LogP contribution >= 0.6 is 31.9 Å². The van der Waals surface area contributed by atoms with Crippen molar-refractivity contribution < 1.29 is 4.79 Å². The fourth-order valence-electron chi connectivity index (χ4n) is 1.28. The number of urea groups is 1. The van der Waals surface area contributed by atoms with Gasteiger partial charge >= 0.3 is 6.03 Å². The molecule has 0 radical (unpaired) electrons. The van der Waals surface area contributed by atoms with Crippen LogP contribution in [0.1, 0.15) is 18.5 Å². The SMILES string of the molecule is C=C(Br)CNC(=O)NC(C)c1cccc(Br)c1. The number of halogens is 2. The van der Waals surface area contributed by atoms with E-state index in [1.165, 1.54) is 0 Å². The molecule has 0 aliphatic rings. The van der Waals surface area contributed by atoms with Gasteiger partial charge in [0, 0.05) is 8.96 Å². The average Bonchev–Trinajstić information content (AvgIpc) is 2.26. The van der Waals surface area contributed by atoms with Gasteiger partial charge in [-0.3, -0.25) is 0 Å². The lowest BCUT2D eigenvalue weighted by molar-refractivity contribution is 0.239. The van der Waals surface area contributed by atoms with Crippen LogP contribution in [0.5, 0.6) is 0 Å². The highest BCUT2D eigenvalue weighted by molar-refractivity contribution is 9.11. The molecule has 2 amide bonds. The van der Waals surface area contributed by atoms with Gasteiger partial charge in [-0.2, -0.15) is 0 Å². The van der Waals surface area contributed by atoms with Crippen molar-refractivity contribution in [2.75, 3.05) is 6.54 Å². The van der Waals surface area contributed by atoms with Crippen molar-refractivity contribution in [1.82, 2.24) is 10.6 Å². The van der Waals surface area contributed by atoms with Gasteiger partial charge < -0.3 is 10.6 Å². The summed E-state index contributed by atoms with van der Waals surface area (Å²) in [6, 6.07) is 7.59. The van der Waals surface area contributed by atoms with Crippen molar-refractivity contribution in [3.05, 3.63) is 45.4 Å². The molecule has 0 bridgehead atoms. The van der Waals surface area contributed by atoms with E-state index >= 15 is 0 Å². The smallest absolute Gasteiger partial charge is 0.315 e. The van der Waals surface area contributed by atoms with E-state index in [9.17, 15) is 4.79 Å². The number of benzene rings is 1. The lowest BCUT2D eigenvalue weighted by Gasteiger charge is -2.15. The molecule has 0 aliphatic heterocycles. The van der Waals surface area contributed by atoms with Gasteiger partial charge in [-0.25, -0.2) is 4.79 Å². The van der Waals surface area contributed by atoms with Crippen LogP contribution in [0.4, 0.5) is 4.79 Å². The zero-order chi connectivity index (χ0) is 12.8. The first-order valence-electron chi connectivity index (χ1n) is 5.12. The van der Waals surface area contributed by atoms with Crippen LogP contribution in [-0.2, 0) is 0 Å². The highest BCUT2D eigenvalue weighted by Gasteiger charge is 2.08. The molecule has 1 atom stereocenters. The fourth-order valence-corrected chi connectivity index (χ4v) is 1.84. The monoisotopic (exact) mass is 360 g/mol. The van der Waals surface area contributed by atoms with Crippen LogP contribution in [-0.4, -0.2) is 12.6 Å². The summed E-state index contributed by atoms with van der Waals surface area (Å²) >= 11 is 6.58. The molecule has 1 aromatic carbocycles. The van der Waals surface area contributed by atoms with E-state index in [4.69, 9.17) is 0 Å². The van der Waals surface area contributed by atoms with E-state index in [1.54, 1.807) is 0 Å². The molecule has 0 aromatic heterocycles. The average molecular weight is 362 g/mol. The Morgan fingerprint density at radius 1 is 1.53 bits per heavy atom. The highest BCUT2D eigenvalue weighted by Crippen LogP contribution is 2.17. The number of hydrogen-bond donors (Lipinski definition) is 2. The van der Waals surface area contributed by atoms with E-state index in [1.807, 2.05) is 31.2 Å². The molecular formula is C12H14Br2N2O. The molecule has 0 saturated carbocycles. The summed E-state index contributed by atoms with van der Waals surface area (Å²) in [5.74, 6) is 0. The molecule has 0 aliphatic carbocycles. The van der Waals surface area contributed by atoms with Crippen LogP contribution in [0.2, 0.25) is 0 Å². The minimum atomic E-state index is -0.210. The summed E-state index contributed by atoms with van der Waals surface area (Å²) < 4.78 is 1.74. The van der Waals surface area contributed by atoms with Gasteiger partial charge in [0.25, 0.3) is 0 Å². The number of carbonyl (C=O) groups excluding carboxylic acids is 1. The van der Waals surface area contributed by atoms with Crippen LogP contribution in [0, 0.1) is 0 Å². The minimum Gasteiger partial charge on any atom is -0.334 e. The Bertz CT molecular complexity index is 421. The molecule has 0 fully saturated rings. The molecule has 3 nitrogen and oxygen atoms in total. The Hall–Kier alpha value is -0.810. The summed E-state index contributed by atoms with van der Waals surface area (Å²) in [5.41, 5.74) is 1.05. The summed E-state index contributed by atoms with van der Waals surface area (Å²) in [4.78, 5) is 11.5. The van der Waals surface area contributed by atoms with E-state index in [2.05, 4.69) is 49.1 Å². The zero-order valence-electron chi connectivity index (χ0n) is 9.47. The number of amides is 2. The van der Waals surface area contributed by atoms with E-state index < -0.39 is 0 Å². The predicted molar refractivity (Wildman–Crippen MR) is 77.2 cm³/mol. The first-order valence-corrected chi connectivity index (χ1v) is 6.70. The second-order valence-electron chi connectivity index (χ2n) is 3.62. The molecule has 1 unspecified atom stereocenters. The quantitative estimate of drug-likeness (QED) is 0.843. The molecule has 92 valence electrons. The molecule has 1 aromatic rings. The third kappa shape index (κ3) is 5.37. The van der Waals surface area contributed by atoms with E-state index in [0.717, 1.165) is 14.5 Å². The van der Waals surface area contributed by atoms with E-state index in [-0.39, 0.29) is 12.1 Å². The number of rotatable bonds is 4. The van der Waals surface area contributed by atoms with Gasteiger partial charge in [-0.05, 0) is 24.6 Å². The molecule has 0 heterocycles. The Morgan fingerprint density at radius 2 is 2.24 bits per heavy atom. The zero-order valence-corrected chi connectivity index (χ0v) is 12.6. The Morgan fingerprint density at radius 3 is 2.82 bits per heavy atom. The molecule has 2 N–H and O–H groups in total. The lowest BCUT2D eigenvalue weighted by Crippen LogP contribution is -2.37. The van der Waals surface area contributed by atoms with Crippen molar-refractivity contribution in [1.29, 1.82) is 0 Å². The molecule has 17 heavy (non-hydrogen) atoms. The molecule has 5 heteroatoms. The standard InChI is InChI=1S/C12H14Br2N2O/c1-8(13)7-15-12(17)16-9(2)10-4-3-5-11(14)6-10/h3-6,9H,1,7H2,2H3,(H2,15,16,17). The predicted octanol–water partition coefficient (Wildman–Crippen LogP) is 3.72. The molecular weight excluding hydrogens is 348 g/mol. The van der Waals surface area contributed by atoms with Gasteiger partial charge in [0.1, 0.15) is 0 Å². The van der Waals surface area contributed by atoms with E-state index in [0.29, 0.717) is 6.54 Å². The van der Waals surface area contributed by atoms with Crippen molar-refractivity contribution in [2.24, 2.45) is 0 Å². The summed E-state index contributed by atoms with van der Waals surface area (Å²) in [5, 5.41) is 5.54. The largest absolute Gasteiger partial charge is 0.334 e.